The van der Waals surface area contributed by atoms with E-state index in [4.69, 9.17) is 0 Å². The fourth-order valence-electron chi connectivity index (χ4n) is 0. The van der Waals surface area contributed by atoms with Gasteiger partial charge < -0.3 is 5.32 Å². The van der Waals surface area contributed by atoms with Crippen LogP contribution in [0.15, 0.2) is 0 Å². The fourth-order valence-corrected chi connectivity index (χ4v) is 0. The first-order valence-corrected chi connectivity index (χ1v) is 1.25. The monoisotopic (exact) mass is 57.1 g/mol. The van der Waals surface area contributed by atoms with E-state index >= 15 is 0 Å². The van der Waals surface area contributed by atoms with Crippen molar-refractivity contribution >= 4 is 0 Å². The second kappa shape index (κ2) is 2.96. The molecule has 2 radical (unpaired) electrons. The molecule has 0 amide bonds. The van der Waals surface area contributed by atoms with Gasteiger partial charge in [0.15, 0.2) is 0 Å². The minimum absolute atomic E-state index is 1.82. The molecule has 0 spiro atoms. The van der Waals surface area contributed by atoms with Gasteiger partial charge in [0.1, 0.15) is 0 Å². The van der Waals surface area contributed by atoms with Gasteiger partial charge in [-0.2, -0.15) is 0 Å². The molecule has 0 bridgehead atoms. The molecular formula is C3H7N. The van der Waals surface area contributed by atoms with E-state index in [1.807, 2.05) is 14.0 Å². The van der Waals surface area contributed by atoms with Crippen molar-refractivity contribution in [1.29, 1.82) is 0 Å². The molecule has 0 fully saturated rings. The molecule has 0 saturated carbocycles. The molecule has 0 aliphatic rings. The molecule has 0 aromatic heterocycles. The second-order valence-corrected chi connectivity index (χ2v) is 0.500. The van der Waals surface area contributed by atoms with Gasteiger partial charge in [0.05, 0.1) is 6.54 Å². The quantitative estimate of drug-likeness (QED) is 0.426. The molecular weight excluding hydrogens is 50.0 g/mol. The molecule has 0 aromatic rings. The molecule has 0 aromatic carbocycles. The van der Waals surface area contributed by atoms with E-state index in [1.165, 1.54) is 0 Å². The molecule has 1 N–H and O–H groups in total. The Kier molecular flexibility index (Phi) is 2.93. The number of rotatable bonds is 1. The summed E-state index contributed by atoms with van der Waals surface area (Å²) in [6, 6.07) is 0. The molecule has 0 heterocycles. The normalized spacial score (nSPS) is 7.50. The van der Waals surface area contributed by atoms with Crippen molar-refractivity contribution in [2.24, 2.45) is 0 Å². The van der Waals surface area contributed by atoms with Gasteiger partial charge in [0.25, 0.3) is 0 Å². The van der Waals surface area contributed by atoms with E-state index in [-0.39, 0.29) is 0 Å². The predicted molar refractivity (Wildman–Crippen MR) is 18.0 cm³/mol. The van der Waals surface area contributed by atoms with E-state index in [0.29, 0.717) is 0 Å². The summed E-state index contributed by atoms with van der Waals surface area (Å²) in [4.78, 5) is 0. The first-order chi connectivity index (χ1) is 1.91. The molecule has 0 aliphatic heterocycles. The zero-order valence-electron chi connectivity index (χ0n) is 3.00. The zero-order chi connectivity index (χ0) is 3.41. The highest BCUT2D eigenvalue weighted by Crippen LogP contribution is 1.47. The Morgan fingerprint density at radius 3 is 2.00 bits per heavy atom. The maximum atomic E-state index is 2.68. The highest BCUT2D eigenvalue weighted by atomic mass is 14.8. The maximum Gasteiger partial charge on any atom is 0.0549 e. The Bertz CT molecular complexity index is 5.25. The largest absolute Gasteiger partial charge is 0.311 e. The van der Waals surface area contributed by atoms with Gasteiger partial charge in [0.2, 0.25) is 0 Å². The lowest BCUT2D eigenvalue weighted by Crippen LogP contribution is -1.94. The third-order valence-electron chi connectivity index (χ3n) is 0.250. The van der Waals surface area contributed by atoms with Gasteiger partial charge in [-0.25, -0.2) is 0 Å². The van der Waals surface area contributed by atoms with Crippen molar-refractivity contribution in [2.45, 2.75) is 6.92 Å². The Hall–Kier alpha value is -0.0400. The highest BCUT2D eigenvalue weighted by molar-refractivity contribution is 4.39. The van der Waals surface area contributed by atoms with Gasteiger partial charge >= 0.3 is 0 Å². The van der Waals surface area contributed by atoms with E-state index < -0.39 is 0 Å². The lowest BCUT2D eigenvalue weighted by atomic mass is 10.8. The van der Waals surface area contributed by atoms with Crippen molar-refractivity contribution in [3.63, 3.8) is 0 Å². The van der Waals surface area contributed by atoms with Crippen molar-refractivity contribution in [1.82, 2.24) is 5.32 Å². The molecule has 1 nitrogen and oxygen atoms in total. The highest BCUT2D eigenvalue weighted by Gasteiger charge is 1.53. The maximum absolute atomic E-state index is 2.68. The van der Waals surface area contributed by atoms with Gasteiger partial charge in [-0.05, 0) is 14.0 Å². The van der Waals surface area contributed by atoms with E-state index in [1.54, 1.807) is 0 Å². The molecule has 0 atom stereocenters. The Labute approximate surface area is 27.0 Å². The minimum atomic E-state index is 1.82. The molecule has 4 heavy (non-hydrogen) atoms. The summed E-state index contributed by atoms with van der Waals surface area (Å²) in [7, 11) is 1.82. The molecule has 0 aliphatic carbocycles. The van der Waals surface area contributed by atoms with Crippen LogP contribution in [0, 0.1) is 6.54 Å². The van der Waals surface area contributed by atoms with E-state index in [2.05, 4.69) is 11.9 Å². The standard InChI is InChI=1S/C3H7N/c1-3-4-2/h4H,1-2H3. The fraction of sp³-hybridized carbons (Fsp3) is 0.667. The van der Waals surface area contributed by atoms with Crippen LogP contribution in [0.4, 0.5) is 0 Å². The van der Waals surface area contributed by atoms with E-state index in [0.717, 1.165) is 0 Å². The van der Waals surface area contributed by atoms with Gasteiger partial charge in [-0.15, -0.1) is 0 Å². The Morgan fingerprint density at radius 2 is 2.00 bits per heavy atom. The minimum Gasteiger partial charge on any atom is -0.311 e. The van der Waals surface area contributed by atoms with Crippen molar-refractivity contribution in [3.8, 4) is 0 Å². The summed E-state index contributed by atoms with van der Waals surface area (Å²) in [5.74, 6) is 0. The lowest BCUT2D eigenvalue weighted by molar-refractivity contribution is 0.984. The summed E-state index contributed by atoms with van der Waals surface area (Å²) >= 11 is 0. The van der Waals surface area contributed by atoms with Crippen molar-refractivity contribution in [3.05, 3.63) is 6.54 Å². The third kappa shape index (κ3) is 1.96. The van der Waals surface area contributed by atoms with Crippen LogP contribution in [0.25, 0.3) is 0 Å². The number of nitrogens with one attached hydrogen (secondary N) is 1. The van der Waals surface area contributed by atoms with Crippen LogP contribution in [0.1, 0.15) is 6.92 Å². The van der Waals surface area contributed by atoms with Crippen LogP contribution < -0.4 is 5.32 Å². The first kappa shape index (κ1) is 3.96. The summed E-state index contributed by atoms with van der Waals surface area (Å²) in [5, 5.41) is 2.68. The summed E-state index contributed by atoms with van der Waals surface area (Å²) in [5.41, 5.74) is 0. The zero-order valence-corrected chi connectivity index (χ0v) is 3.00. The molecule has 1 heteroatoms. The number of hydrogen-bond acceptors (Lipinski definition) is 1. The van der Waals surface area contributed by atoms with Gasteiger partial charge in [-0.1, -0.05) is 0 Å². The SMILES string of the molecule is C[C]NC. The Balaban J connectivity index is 1.97. The molecule has 0 unspecified atom stereocenters. The summed E-state index contributed by atoms with van der Waals surface area (Å²) in [6.07, 6.45) is 0. The average Bonchev–Trinajstić information content (AvgIpc) is 1.37. The topological polar surface area (TPSA) is 12.0 Å². The summed E-state index contributed by atoms with van der Waals surface area (Å²) in [6.45, 7) is 4.50. The van der Waals surface area contributed by atoms with Crippen LogP contribution >= 0.6 is 0 Å². The van der Waals surface area contributed by atoms with Gasteiger partial charge in [0, 0.05) is 0 Å². The van der Waals surface area contributed by atoms with Crippen LogP contribution in [0.5, 0.6) is 0 Å². The first-order valence-electron chi connectivity index (χ1n) is 1.25. The van der Waals surface area contributed by atoms with Crippen molar-refractivity contribution < 1.29 is 0 Å². The van der Waals surface area contributed by atoms with Crippen LogP contribution in [-0.4, -0.2) is 7.05 Å². The smallest absolute Gasteiger partial charge is 0.0549 e. The van der Waals surface area contributed by atoms with Crippen molar-refractivity contribution in [2.75, 3.05) is 7.05 Å². The molecule has 0 rings (SSSR count). The van der Waals surface area contributed by atoms with Gasteiger partial charge in [-0.3, -0.25) is 0 Å². The summed E-state index contributed by atoms with van der Waals surface area (Å²) < 4.78 is 0. The molecule has 24 valence electrons. The average molecular weight is 57.1 g/mol. The Morgan fingerprint density at radius 1 is 1.75 bits per heavy atom. The van der Waals surface area contributed by atoms with E-state index in [9.17, 15) is 0 Å². The molecule has 0 saturated heterocycles. The third-order valence-corrected chi connectivity index (χ3v) is 0.250. The predicted octanol–water partition coefficient (Wildman–Crippen LogP) is 0.264. The second-order valence-electron chi connectivity index (χ2n) is 0.500. The van der Waals surface area contributed by atoms with Crippen LogP contribution in [-0.2, 0) is 0 Å². The lowest BCUT2D eigenvalue weighted by Gasteiger charge is -1.73. The van der Waals surface area contributed by atoms with Crippen LogP contribution in [0.3, 0.4) is 0 Å². The number of hydrogen-bond donors (Lipinski definition) is 1. The van der Waals surface area contributed by atoms with Crippen LogP contribution in [0.2, 0.25) is 0 Å².